The number of fused-ring (bicyclic) bond motifs is 1. The van der Waals surface area contributed by atoms with E-state index in [1.54, 1.807) is 0 Å². The summed E-state index contributed by atoms with van der Waals surface area (Å²) in [4.78, 5) is 16.5. The molecule has 3 heterocycles. The van der Waals surface area contributed by atoms with E-state index < -0.39 is 5.54 Å². The number of hydrogen-bond acceptors (Lipinski definition) is 3. The van der Waals surface area contributed by atoms with Crippen molar-refractivity contribution in [2.24, 2.45) is 23.7 Å². The molecule has 32 heavy (non-hydrogen) atoms. The summed E-state index contributed by atoms with van der Waals surface area (Å²) in [5.74, 6) is 2.51. The Morgan fingerprint density at radius 2 is 1.78 bits per heavy atom. The van der Waals surface area contributed by atoms with Gasteiger partial charge in [0, 0.05) is 38.1 Å². The molecule has 4 aliphatic rings. The maximum atomic E-state index is 13.8. The van der Waals surface area contributed by atoms with Crippen LogP contribution >= 0.6 is 0 Å². The molecule has 4 heteroatoms. The lowest BCUT2D eigenvalue weighted by Gasteiger charge is -2.56. The molecule has 5 atom stereocenters. The van der Waals surface area contributed by atoms with E-state index in [-0.39, 0.29) is 5.91 Å². The molecule has 4 bridgehead atoms. The van der Waals surface area contributed by atoms with Crippen LogP contribution in [0.2, 0.25) is 0 Å². The summed E-state index contributed by atoms with van der Waals surface area (Å²) in [5.41, 5.74) is 2.11. The highest BCUT2D eigenvalue weighted by atomic mass is 16.2. The Morgan fingerprint density at radius 1 is 1.09 bits per heavy atom. The van der Waals surface area contributed by atoms with Crippen molar-refractivity contribution >= 4 is 5.91 Å². The predicted octanol–water partition coefficient (Wildman–Crippen LogP) is 4.22. The number of amides is 1. The van der Waals surface area contributed by atoms with Gasteiger partial charge in [-0.25, -0.2) is 0 Å². The second-order valence-corrected chi connectivity index (χ2v) is 10.6. The van der Waals surface area contributed by atoms with Crippen molar-refractivity contribution in [1.29, 1.82) is 0 Å². The van der Waals surface area contributed by atoms with Crippen LogP contribution in [0, 0.1) is 23.7 Å². The predicted molar refractivity (Wildman–Crippen MR) is 129 cm³/mol. The lowest BCUT2D eigenvalue weighted by atomic mass is 9.58. The van der Waals surface area contributed by atoms with Crippen molar-refractivity contribution in [3.63, 3.8) is 0 Å². The van der Waals surface area contributed by atoms with Gasteiger partial charge in [-0.1, -0.05) is 80.9 Å². The highest BCUT2D eigenvalue weighted by Gasteiger charge is 2.64. The van der Waals surface area contributed by atoms with Gasteiger partial charge in [0.25, 0.3) is 0 Å². The maximum absolute atomic E-state index is 13.8. The van der Waals surface area contributed by atoms with Crippen LogP contribution < -0.4 is 10.6 Å². The maximum Gasteiger partial charge on any atom is 0.240 e. The molecule has 3 aliphatic heterocycles. The van der Waals surface area contributed by atoms with Crippen LogP contribution in [0.5, 0.6) is 0 Å². The molecule has 0 aromatic heterocycles. The Bertz CT molecular complexity index is 915. The minimum atomic E-state index is -0.431. The SMILES string of the molecule is CC(C)CCC1C2C3CNC1(C(=O)NCc1ccccc1)CC3CN2Cc1ccccc1. The molecule has 170 valence electrons. The number of rotatable bonds is 8. The van der Waals surface area contributed by atoms with Gasteiger partial charge in [0.05, 0.1) is 0 Å². The molecule has 2 aromatic carbocycles. The molecule has 6 rings (SSSR count). The van der Waals surface area contributed by atoms with E-state index in [9.17, 15) is 4.79 Å². The summed E-state index contributed by atoms with van der Waals surface area (Å²) in [5, 5.41) is 7.10. The largest absolute Gasteiger partial charge is 0.350 e. The third kappa shape index (κ3) is 3.99. The van der Waals surface area contributed by atoms with Gasteiger partial charge in [-0.05, 0) is 41.7 Å². The molecule has 2 N–H and O–H groups in total. The highest BCUT2D eigenvalue weighted by Crippen LogP contribution is 2.53. The minimum absolute atomic E-state index is 0.213. The number of nitrogens with one attached hydrogen (secondary N) is 2. The molecule has 5 unspecified atom stereocenters. The van der Waals surface area contributed by atoms with Crippen LogP contribution in [-0.2, 0) is 17.9 Å². The topological polar surface area (TPSA) is 44.4 Å². The second-order valence-electron chi connectivity index (χ2n) is 10.6. The zero-order chi connectivity index (χ0) is 22.1. The number of piperidine rings is 2. The average Bonchev–Trinajstić information content (AvgIpc) is 3.10. The smallest absolute Gasteiger partial charge is 0.240 e. The summed E-state index contributed by atoms with van der Waals surface area (Å²) in [6, 6.07) is 21.6. The number of carbonyl (C=O) groups excluding carboxylic acids is 1. The van der Waals surface area contributed by atoms with Crippen molar-refractivity contribution in [3.05, 3.63) is 71.8 Å². The molecule has 4 fully saturated rings. The molecule has 2 aromatic rings. The standard InChI is InChI=1S/C28H37N3O/c1-20(2)13-14-25-26-24-17-30-28(25,27(32)29-16-21-9-5-3-6-10-21)15-23(24)19-31(26)18-22-11-7-4-8-12-22/h3-12,20,23-26,30H,13-19H2,1-2H3,(H,29,32). The Morgan fingerprint density at radius 3 is 2.47 bits per heavy atom. The van der Waals surface area contributed by atoms with Crippen molar-refractivity contribution in [2.45, 2.75) is 57.8 Å². The van der Waals surface area contributed by atoms with Crippen LogP contribution in [0.3, 0.4) is 0 Å². The molecule has 4 nitrogen and oxygen atoms in total. The van der Waals surface area contributed by atoms with E-state index in [0.29, 0.717) is 36.3 Å². The van der Waals surface area contributed by atoms with E-state index in [1.807, 2.05) is 18.2 Å². The van der Waals surface area contributed by atoms with E-state index in [4.69, 9.17) is 0 Å². The van der Waals surface area contributed by atoms with Crippen molar-refractivity contribution < 1.29 is 4.79 Å². The van der Waals surface area contributed by atoms with Gasteiger partial charge in [0.2, 0.25) is 5.91 Å². The zero-order valence-electron chi connectivity index (χ0n) is 19.5. The van der Waals surface area contributed by atoms with Gasteiger partial charge in [-0.3, -0.25) is 9.69 Å². The molecule has 1 amide bonds. The highest BCUT2D eigenvalue weighted by molar-refractivity contribution is 5.87. The van der Waals surface area contributed by atoms with Crippen LogP contribution in [0.15, 0.2) is 60.7 Å². The fraction of sp³-hybridized carbons (Fsp3) is 0.536. The summed E-state index contributed by atoms with van der Waals surface area (Å²) < 4.78 is 0. The lowest BCUT2D eigenvalue weighted by Crippen LogP contribution is -2.73. The number of benzene rings is 2. The van der Waals surface area contributed by atoms with Crippen LogP contribution in [0.25, 0.3) is 0 Å². The third-order valence-electron chi connectivity index (χ3n) is 8.20. The lowest BCUT2D eigenvalue weighted by molar-refractivity contribution is -0.139. The van der Waals surface area contributed by atoms with E-state index in [0.717, 1.165) is 38.0 Å². The van der Waals surface area contributed by atoms with Gasteiger partial charge in [0.1, 0.15) is 5.54 Å². The Hall–Kier alpha value is -2.17. The van der Waals surface area contributed by atoms with Crippen molar-refractivity contribution in [3.8, 4) is 0 Å². The normalized spacial score (nSPS) is 31.2. The molecule has 0 radical (unpaired) electrons. The number of nitrogens with zero attached hydrogens (tertiary/aromatic N) is 1. The first-order chi connectivity index (χ1) is 15.6. The fourth-order valence-corrected chi connectivity index (χ4v) is 6.72. The number of carbonyl (C=O) groups is 1. The monoisotopic (exact) mass is 431 g/mol. The van der Waals surface area contributed by atoms with Crippen molar-refractivity contribution in [1.82, 2.24) is 15.5 Å². The summed E-state index contributed by atoms with van der Waals surface area (Å²) in [6.45, 7) is 8.30. The molecule has 3 saturated heterocycles. The average molecular weight is 432 g/mol. The first-order valence-corrected chi connectivity index (χ1v) is 12.4. The second kappa shape index (κ2) is 8.99. The first-order valence-electron chi connectivity index (χ1n) is 12.4. The Kier molecular flexibility index (Phi) is 6.09. The van der Waals surface area contributed by atoms with Crippen LogP contribution in [0.4, 0.5) is 0 Å². The van der Waals surface area contributed by atoms with Gasteiger partial charge < -0.3 is 10.6 Å². The van der Waals surface area contributed by atoms with Gasteiger partial charge in [-0.2, -0.15) is 0 Å². The molecule has 0 spiro atoms. The summed E-state index contributed by atoms with van der Waals surface area (Å²) in [7, 11) is 0. The van der Waals surface area contributed by atoms with Crippen LogP contribution in [-0.4, -0.2) is 35.5 Å². The number of likely N-dealkylation sites (tertiary alicyclic amines) is 1. The molecule has 1 saturated carbocycles. The van der Waals surface area contributed by atoms with Gasteiger partial charge in [0.15, 0.2) is 0 Å². The third-order valence-corrected chi connectivity index (χ3v) is 8.20. The van der Waals surface area contributed by atoms with Crippen LogP contribution in [0.1, 0.15) is 44.2 Å². The van der Waals surface area contributed by atoms with E-state index in [1.165, 1.54) is 12.0 Å². The van der Waals surface area contributed by atoms with Gasteiger partial charge in [-0.15, -0.1) is 0 Å². The molecule has 1 aliphatic carbocycles. The fourth-order valence-electron chi connectivity index (χ4n) is 6.72. The number of hydrogen-bond donors (Lipinski definition) is 2. The molecular weight excluding hydrogens is 394 g/mol. The minimum Gasteiger partial charge on any atom is -0.350 e. The first kappa shape index (κ1) is 21.7. The Balaban J connectivity index is 1.39. The van der Waals surface area contributed by atoms with Gasteiger partial charge >= 0.3 is 0 Å². The Labute approximate surface area is 192 Å². The zero-order valence-corrected chi connectivity index (χ0v) is 19.5. The quantitative estimate of drug-likeness (QED) is 0.658. The van der Waals surface area contributed by atoms with E-state index >= 15 is 0 Å². The molecular formula is C28H37N3O. The van der Waals surface area contributed by atoms with E-state index in [2.05, 4.69) is 71.8 Å². The summed E-state index contributed by atoms with van der Waals surface area (Å²) >= 11 is 0. The van der Waals surface area contributed by atoms with Crippen molar-refractivity contribution in [2.75, 3.05) is 13.1 Å². The summed E-state index contributed by atoms with van der Waals surface area (Å²) in [6.07, 6.45) is 3.26.